The van der Waals surface area contributed by atoms with Gasteiger partial charge in [-0.2, -0.15) is 0 Å². The van der Waals surface area contributed by atoms with Gasteiger partial charge >= 0.3 is 0 Å². The Labute approximate surface area is 95.9 Å². The Morgan fingerprint density at radius 2 is 2.23 bits per heavy atom. The lowest BCUT2D eigenvalue weighted by atomic mass is 10.2. The molecule has 0 aliphatic heterocycles. The van der Waals surface area contributed by atoms with Crippen molar-refractivity contribution in [3.8, 4) is 0 Å². The second-order valence-electron chi connectivity index (χ2n) is 2.42. The second-order valence-corrected chi connectivity index (χ2v) is 3.98. The molecule has 0 radical (unpaired) electrons. The first-order valence-corrected chi connectivity index (χ1v) is 5.65. The molecule has 0 saturated carbocycles. The summed E-state index contributed by atoms with van der Waals surface area (Å²) in [5, 5.41) is 1.79. The first-order chi connectivity index (χ1) is 6.24. The standard InChI is InChI=1S/C9H8BrCl2N/c10-4-2-1-3-7-5-8(11)9(12)13-6-7/h1,3,5-6H,2,4H2. The zero-order valence-corrected chi connectivity index (χ0v) is 9.90. The molecule has 1 aromatic heterocycles. The summed E-state index contributed by atoms with van der Waals surface area (Å²) in [4.78, 5) is 3.93. The number of rotatable bonds is 3. The maximum Gasteiger partial charge on any atom is 0.147 e. The van der Waals surface area contributed by atoms with Gasteiger partial charge in [0, 0.05) is 11.5 Å². The summed E-state index contributed by atoms with van der Waals surface area (Å²) in [5.41, 5.74) is 0.968. The van der Waals surface area contributed by atoms with Crippen molar-refractivity contribution >= 4 is 45.2 Å². The molecule has 0 saturated heterocycles. The van der Waals surface area contributed by atoms with Crippen LogP contribution >= 0.6 is 39.1 Å². The van der Waals surface area contributed by atoms with Crippen LogP contribution in [0.2, 0.25) is 10.2 Å². The van der Waals surface area contributed by atoms with E-state index in [-0.39, 0.29) is 0 Å². The Balaban J connectivity index is 2.73. The van der Waals surface area contributed by atoms with Crippen LogP contribution < -0.4 is 0 Å². The predicted octanol–water partition coefficient (Wildman–Crippen LogP) is 4.19. The Hall–Kier alpha value is -0.0500. The molecule has 0 aliphatic carbocycles. The topological polar surface area (TPSA) is 12.9 Å². The molecule has 0 atom stereocenters. The van der Waals surface area contributed by atoms with Crippen LogP contribution in [0.15, 0.2) is 18.3 Å². The number of allylic oxidation sites excluding steroid dienone is 1. The lowest BCUT2D eigenvalue weighted by molar-refractivity contribution is 1.26. The highest BCUT2D eigenvalue weighted by Gasteiger charge is 1.97. The minimum atomic E-state index is 0.347. The average molecular weight is 281 g/mol. The van der Waals surface area contributed by atoms with Gasteiger partial charge in [-0.25, -0.2) is 4.98 Å². The fourth-order valence-electron chi connectivity index (χ4n) is 0.810. The molecule has 1 aromatic rings. The van der Waals surface area contributed by atoms with E-state index in [1.165, 1.54) is 0 Å². The molecule has 1 nitrogen and oxygen atoms in total. The van der Waals surface area contributed by atoms with E-state index < -0.39 is 0 Å². The molecule has 4 heteroatoms. The number of alkyl halides is 1. The van der Waals surface area contributed by atoms with Gasteiger partial charge in [-0.15, -0.1) is 0 Å². The van der Waals surface area contributed by atoms with E-state index >= 15 is 0 Å². The first-order valence-electron chi connectivity index (χ1n) is 3.77. The maximum atomic E-state index is 5.79. The molecule has 13 heavy (non-hydrogen) atoms. The summed E-state index contributed by atoms with van der Waals surface area (Å²) in [6, 6.07) is 1.79. The van der Waals surface area contributed by atoms with Crippen LogP contribution in [0.4, 0.5) is 0 Å². The smallest absolute Gasteiger partial charge is 0.147 e. The summed E-state index contributed by atoms with van der Waals surface area (Å²) in [6.07, 6.45) is 6.70. The van der Waals surface area contributed by atoms with E-state index in [2.05, 4.69) is 27.0 Å². The van der Waals surface area contributed by atoms with Gasteiger partial charge in [0.15, 0.2) is 0 Å². The minimum absolute atomic E-state index is 0.347. The van der Waals surface area contributed by atoms with Crippen LogP contribution in [0.1, 0.15) is 12.0 Å². The van der Waals surface area contributed by atoms with E-state index in [0.717, 1.165) is 17.3 Å². The third-order valence-corrected chi connectivity index (χ3v) is 2.55. The number of pyridine rings is 1. The molecule has 0 N–H and O–H groups in total. The quantitative estimate of drug-likeness (QED) is 0.598. The van der Waals surface area contributed by atoms with Crippen LogP contribution in [0.3, 0.4) is 0 Å². The van der Waals surface area contributed by atoms with Crippen molar-refractivity contribution in [2.75, 3.05) is 5.33 Å². The normalized spacial score (nSPS) is 11.0. The summed E-state index contributed by atoms with van der Waals surface area (Å²) in [7, 11) is 0. The number of aromatic nitrogens is 1. The van der Waals surface area contributed by atoms with Crippen LogP contribution in [-0.2, 0) is 0 Å². The van der Waals surface area contributed by atoms with Crippen molar-refractivity contribution in [2.45, 2.75) is 6.42 Å². The average Bonchev–Trinajstić information content (AvgIpc) is 2.12. The maximum absolute atomic E-state index is 5.79. The Bertz CT molecular complexity index is 312. The molecule has 1 rings (SSSR count). The fourth-order valence-corrected chi connectivity index (χ4v) is 1.35. The molecule has 0 unspecified atom stereocenters. The predicted molar refractivity (Wildman–Crippen MR) is 61.7 cm³/mol. The molecule has 0 aromatic carbocycles. The number of halogens is 3. The third-order valence-electron chi connectivity index (χ3n) is 1.40. The van der Waals surface area contributed by atoms with Gasteiger partial charge in [-0.05, 0) is 18.1 Å². The van der Waals surface area contributed by atoms with Crippen molar-refractivity contribution in [3.05, 3.63) is 34.1 Å². The Morgan fingerprint density at radius 1 is 1.46 bits per heavy atom. The number of nitrogens with zero attached hydrogens (tertiary/aromatic N) is 1. The highest BCUT2D eigenvalue weighted by Crippen LogP contribution is 2.20. The molecule has 0 fully saturated rings. The fraction of sp³-hybridized carbons (Fsp3) is 0.222. The van der Waals surface area contributed by atoms with Crippen molar-refractivity contribution in [3.63, 3.8) is 0 Å². The Kier molecular flexibility index (Phi) is 4.78. The van der Waals surface area contributed by atoms with Crippen LogP contribution in [0.25, 0.3) is 6.08 Å². The van der Waals surface area contributed by atoms with Crippen molar-refractivity contribution in [1.29, 1.82) is 0 Å². The molecule has 70 valence electrons. The number of hydrogen-bond acceptors (Lipinski definition) is 1. The molecule has 1 heterocycles. The zero-order valence-electron chi connectivity index (χ0n) is 6.80. The monoisotopic (exact) mass is 279 g/mol. The minimum Gasteiger partial charge on any atom is -0.242 e. The van der Waals surface area contributed by atoms with Crippen LogP contribution in [-0.4, -0.2) is 10.3 Å². The van der Waals surface area contributed by atoms with E-state index in [4.69, 9.17) is 23.2 Å². The lowest BCUT2D eigenvalue weighted by Gasteiger charge is -1.95. The highest BCUT2D eigenvalue weighted by atomic mass is 79.9. The molecular formula is C9H8BrCl2N. The van der Waals surface area contributed by atoms with Crippen LogP contribution in [0.5, 0.6) is 0 Å². The van der Waals surface area contributed by atoms with Gasteiger partial charge in [-0.1, -0.05) is 51.3 Å². The largest absolute Gasteiger partial charge is 0.242 e. The van der Waals surface area contributed by atoms with Crippen LogP contribution in [0, 0.1) is 0 Å². The van der Waals surface area contributed by atoms with Gasteiger partial charge in [-0.3, -0.25) is 0 Å². The molecular weight excluding hydrogens is 273 g/mol. The van der Waals surface area contributed by atoms with E-state index in [0.29, 0.717) is 10.2 Å². The number of hydrogen-bond donors (Lipinski definition) is 0. The third kappa shape index (κ3) is 3.67. The SMILES string of the molecule is Clc1cc(C=CCCBr)cnc1Cl. The van der Waals surface area contributed by atoms with Gasteiger partial charge in [0.25, 0.3) is 0 Å². The lowest BCUT2D eigenvalue weighted by Crippen LogP contribution is -1.79. The van der Waals surface area contributed by atoms with E-state index in [9.17, 15) is 0 Å². The summed E-state index contributed by atoms with van der Waals surface area (Å²) >= 11 is 14.8. The van der Waals surface area contributed by atoms with Gasteiger partial charge in [0.2, 0.25) is 0 Å². The molecule has 0 aliphatic rings. The van der Waals surface area contributed by atoms with Crippen molar-refractivity contribution in [2.24, 2.45) is 0 Å². The summed E-state index contributed by atoms with van der Waals surface area (Å²) in [6.45, 7) is 0. The highest BCUT2D eigenvalue weighted by molar-refractivity contribution is 9.09. The summed E-state index contributed by atoms with van der Waals surface area (Å²) in [5.74, 6) is 0. The molecule has 0 amide bonds. The first kappa shape index (κ1) is 11.0. The van der Waals surface area contributed by atoms with Crippen molar-refractivity contribution in [1.82, 2.24) is 4.98 Å². The van der Waals surface area contributed by atoms with E-state index in [1.54, 1.807) is 12.3 Å². The zero-order chi connectivity index (χ0) is 9.68. The second kappa shape index (κ2) is 5.63. The van der Waals surface area contributed by atoms with Gasteiger partial charge < -0.3 is 0 Å². The molecule has 0 spiro atoms. The Morgan fingerprint density at radius 3 is 2.85 bits per heavy atom. The molecule has 0 bridgehead atoms. The van der Waals surface area contributed by atoms with E-state index in [1.807, 2.05) is 6.08 Å². The summed E-state index contributed by atoms with van der Waals surface area (Å²) < 4.78 is 0. The van der Waals surface area contributed by atoms with Crippen molar-refractivity contribution < 1.29 is 0 Å². The van der Waals surface area contributed by atoms with Gasteiger partial charge in [0.1, 0.15) is 5.15 Å². The van der Waals surface area contributed by atoms with Gasteiger partial charge in [0.05, 0.1) is 5.02 Å².